The van der Waals surface area contributed by atoms with Crippen LogP contribution < -0.4 is 0 Å². The van der Waals surface area contributed by atoms with Crippen molar-refractivity contribution in [1.82, 2.24) is 0 Å². The number of carbonyl (C=O) groups is 1. The lowest BCUT2D eigenvalue weighted by Gasteiger charge is -2.24. The summed E-state index contributed by atoms with van der Waals surface area (Å²) in [4.78, 5) is 12.9. The van der Waals surface area contributed by atoms with Crippen LogP contribution in [-0.4, -0.2) is 11.6 Å². The third-order valence-electron chi connectivity index (χ3n) is 4.98. The molecular formula is C23H20O2. The van der Waals surface area contributed by atoms with Crippen molar-refractivity contribution in [2.24, 2.45) is 0 Å². The SMILES string of the molecule is C=Cc1ccc(C(=O)OC2(C)Cc3ccccc3C2)c2ccccc12. The van der Waals surface area contributed by atoms with E-state index in [-0.39, 0.29) is 5.97 Å². The average Bonchev–Trinajstić information content (AvgIpc) is 2.96. The monoisotopic (exact) mass is 328 g/mol. The van der Waals surface area contributed by atoms with Gasteiger partial charge >= 0.3 is 5.97 Å². The summed E-state index contributed by atoms with van der Waals surface area (Å²) in [6.07, 6.45) is 3.33. The number of benzene rings is 3. The Kier molecular flexibility index (Phi) is 3.69. The van der Waals surface area contributed by atoms with E-state index in [1.54, 1.807) is 0 Å². The van der Waals surface area contributed by atoms with Gasteiger partial charge in [-0.15, -0.1) is 0 Å². The van der Waals surface area contributed by atoms with Crippen LogP contribution in [0.25, 0.3) is 16.8 Å². The molecule has 0 atom stereocenters. The van der Waals surface area contributed by atoms with Crippen LogP contribution in [0.2, 0.25) is 0 Å². The topological polar surface area (TPSA) is 26.3 Å². The summed E-state index contributed by atoms with van der Waals surface area (Å²) in [7, 11) is 0. The summed E-state index contributed by atoms with van der Waals surface area (Å²) in [5, 5.41) is 1.93. The molecule has 1 aliphatic rings. The van der Waals surface area contributed by atoms with Crippen molar-refractivity contribution in [3.8, 4) is 0 Å². The zero-order valence-electron chi connectivity index (χ0n) is 14.3. The molecule has 2 nitrogen and oxygen atoms in total. The van der Waals surface area contributed by atoms with Crippen LogP contribution in [0, 0.1) is 0 Å². The first-order chi connectivity index (χ1) is 12.1. The van der Waals surface area contributed by atoms with E-state index in [2.05, 4.69) is 18.7 Å². The van der Waals surface area contributed by atoms with E-state index in [4.69, 9.17) is 4.74 Å². The van der Waals surface area contributed by atoms with Crippen LogP contribution in [0.3, 0.4) is 0 Å². The van der Waals surface area contributed by atoms with Crippen molar-refractivity contribution in [1.29, 1.82) is 0 Å². The number of esters is 1. The van der Waals surface area contributed by atoms with Gasteiger partial charge in [0.05, 0.1) is 5.56 Å². The molecule has 0 bridgehead atoms. The fourth-order valence-corrected chi connectivity index (χ4v) is 3.80. The second-order valence-electron chi connectivity index (χ2n) is 6.91. The van der Waals surface area contributed by atoms with E-state index in [9.17, 15) is 4.79 Å². The van der Waals surface area contributed by atoms with Crippen molar-refractivity contribution in [2.75, 3.05) is 0 Å². The Hall–Kier alpha value is -2.87. The standard InChI is InChI=1S/C23H20O2/c1-3-16-12-13-21(20-11-7-6-10-19(16)20)22(24)25-23(2)14-17-8-4-5-9-18(17)15-23/h3-13H,1,14-15H2,2H3. The molecule has 3 aromatic carbocycles. The molecule has 1 aliphatic carbocycles. The Balaban J connectivity index is 1.67. The number of rotatable bonds is 3. The molecule has 0 amide bonds. The first-order valence-electron chi connectivity index (χ1n) is 8.54. The van der Waals surface area contributed by atoms with Crippen LogP contribution in [-0.2, 0) is 17.6 Å². The molecule has 124 valence electrons. The summed E-state index contributed by atoms with van der Waals surface area (Å²) < 4.78 is 5.98. The molecule has 2 heteroatoms. The lowest BCUT2D eigenvalue weighted by atomic mass is 9.98. The van der Waals surface area contributed by atoms with Gasteiger partial charge in [0.1, 0.15) is 5.60 Å². The maximum atomic E-state index is 12.9. The Labute approximate surface area is 147 Å². The highest BCUT2D eigenvalue weighted by atomic mass is 16.6. The van der Waals surface area contributed by atoms with Gasteiger partial charge in [0.25, 0.3) is 0 Å². The Morgan fingerprint density at radius 1 is 0.960 bits per heavy atom. The molecule has 0 aliphatic heterocycles. The molecule has 0 radical (unpaired) electrons. The Morgan fingerprint density at radius 2 is 1.56 bits per heavy atom. The average molecular weight is 328 g/mol. The zero-order chi connectivity index (χ0) is 17.4. The second-order valence-corrected chi connectivity index (χ2v) is 6.91. The van der Waals surface area contributed by atoms with Gasteiger partial charge in [-0.25, -0.2) is 4.79 Å². The quantitative estimate of drug-likeness (QED) is 0.618. The van der Waals surface area contributed by atoms with Crippen molar-refractivity contribution in [3.63, 3.8) is 0 Å². The summed E-state index contributed by atoms with van der Waals surface area (Å²) in [5.74, 6) is -0.262. The Bertz CT molecular complexity index is 959. The highest BCUT2D eigenvalue weighted by Gasteiger charge is 2.36. The molecule has 0 saturated heterocycles. The molecule has 4 rings (SSSR count). The van der Waals surface area contributed by atoms with Crippen LogP contribution in [0.5, 0.6) is 0 Å². The predicted molar refractivity (Wildman–Crippen MR) is 102 cm³/mol. The minimum Gasteiger partial charge on any atom is -0.455 e. The minimum absolute atomic E-state index is 0.262. The van der Waals surface area contributed by atoms with E-state index in [0.717, 1.165) is 29.2 Å². The maximum Gasteiger partial charge on any atom is 0.339 e. The number of carbonyl (C=O) groups excluding carboxylic acids is 1. The van der Waals surface area contributed by atoms with Crippen molar-refractivity contribution >= 4 is 22.8 Å². The predicted octanol–water partition coefficient (Wildman–Crippen LogP) is 5.20. The van der Waals surface area contributed by atoms with Gasteiger partial charge < -0.3 is 4.74 Å². The van der Waals surface area contributed by atoms with E-state index in [0.29, 0.717) is 5.56 Å². The third kappa shape index (κ3) is 2.74. The molecule has 0 fully saturated rings. The summed E-state index contributed by atoms with van der Waals surface area (Å²) in [5.41, 5.74) is 3.68. The van der Waals surface area contributed by atoms with E-state index in [1.807, 2.05) is 61.5 Å². The number of fused-ring (bicyclic) bond motifs is 2. The van der Waals surface area contributed by atoms with Crippen molar-refractivity contribution in [3.05, 3.63) is 89.5 Å². The maximum absolute atomic E-state index is 12.9. The molecule has 0 unspecified atom stereocenters. The molecule has 0 spiro atoms. The molecule has 0 aromatic heterocycles. The lowest BCUT2D eigenvalue weighted by molar-refractivity contribution is -0.00430. The van der Waals surface area contributed by atoms with Crippen LogP contribution >= 0.6 is 0 Å². The molecule has 3 aromatic rings. The molecule has 0 heterocycles. The van der Waals surface area contributed by atoms with E-state index < -0.39 is 5.60 Å². The van der Waals surface area contributed by atoms with Gasteiger partial charge in [0.15, 0.2) is 0 Å². The lowest BCUT2D eigenvalue weighted by Crippen LogP contribution is -2.32. The summed E-state index contributed by atoms with van der Waals surface area (Å²) in [6.45, 7) is 5.88. The Morgan fingerprint density at radius 3 is 2.20 bits per heavy atom. The summed E-state index contributed by atoms with van der Waals surface area (Å²) in [6, 6.07) is 20.0. The van der Waals surface area contributed by atoms with Crippen LogP contribution in [0.1, 0.15) is 34.0 Å². The van der Waals surface area contributed by atoms with E-state index in [1.165, 1.54) is 11.1 Å². The molecule has 25 heavy (non-hydrogen) atoms. The largest absolute Gasteiger partial charge is 0.455 e. The van der Waals surface area contributed by atoms with Gasteiger partial charge in [-0.1, -0.05) is 67.3 Å². The molecular weight excluding hydrogens is 308 g/mol. The summed E-state index contributed by atoms with van der Waals surface area (Å²) >= 11 is 0. The fraction of sp³-hybridized carbons (Fsp3) is 0.174. The van der Waals surface area contributed by atoms with Crippen LogP contribution in [0.15, 0.2) is 67.2 Å². The van der Waals surface area contributed by atoms with Gasteiger partial charge in [0, 0.05) is 12.8 Å². The fourth-order valence-electron chi connectivity index (χ4n) is 3.80. The highest BCUT2D eigenvalue weighted by Crippen LogP contribution is 2.34. The third-order valence-corrected chi connectivity index (χ3v) is 4.98. The van der Waals surface area contributed by atoms with Crippen molar-refractivity contribution in [2.45, 2.75) is 25.4 Å². The van der Waals surface area contributed by atoms with Crippen LogP contribution in [0.4, 0.5) is 0 Å². The second kappa shape index (κ2) is 5.89. The zero-order valence-corrected chi connectivity index (χ0v) is 14.3. The highest BCUT2D eigenvalue weighted by molar-refractivity contribution is 6.06. The number of hydrogen-bond donors (Lipinski definition) is 0. The van der Waals surface area contributed by atoms with Crippen molar-refractivity contribution < 1.29 is 9.53 Å². The minimum atomic E-state index is -0.487. The first kappa shape index (κ1) is 15.6. The number of ether oxygens (including phenoxy) is 1. The number of hydrogen-bond acceptors (Lipinski definition) is 2. The smallest absolute Gasteiger partial charge is 0.339 e. The molecule has 0 saturated carbocycles. The van der Waals surface area contributed by atoms with Gasteiger partial charge in [-0.3, -0.25) is 0 Å². The van der Waals surface area contributed by atoms with Gasteiger partial charge in [-0.05, 0) is 40.5 Å². The molecule has 0 N–H and O–H groups in total. The first-order valence-corrected chi connectivity index (χ1v) is 8.54. The van der Waals surface area contributed by atoms with E-state index >= 15 is 0 Å². The van der Waals surface area contributed by atoms with Gasteiger partial charge in [-0.2, -0.15) is 0 Å². The van der Waals surface area contributed by atoms with Gasteiger partial charge in [0.2, 0.25) is 0 Å². The normalized spacial score (nSPS) is 14.9.